The number of likely N-dealkylation sites (tertiary alicyclic amines) is 1. The van der Waals surface area contributed by atoms with Crippen LogP contribution in [0, 0.1) is 5.92 Å². The molecule has 0 saturated carbocycles. The molecule has 1 atom stereocenters. The normalized spacial score (nSPS) is 19.4. The lowest BCUT2D eigenvalue weighted by Gasteiger charge is -2.32. The molecule has 114 valence electrons. The van der Waals surface area contributed by atoms with Gasteiger partial charge in [0.1, 0.15) is 6.61 Å². The molecule has 1 aromatic carbocycles. The summed E-state index contributed by atoms with van der Waals surface area (Å²) in [4.78, 5) is 17.4. The number of amides is 1. The van der Waals surface area contributed by atoms with Gasteiger partial charge in [0.05, 0.1) is 0 Å². The second-order valence-electron chi connectivity index (χ2n) is 5.20. The van der Waals surface area contributed by atoms with E-state index < -0.39 is 6.09 Å². The Labute approximate surface area is 124 Å². The summed E-state index contributed by atoms with van der Waals surface area (Å²) in [6.07, 6.45) is 1.45. The van der Waals surface area contributed by atoms with Crippen molar-refractivity contribution < 1.29 is 9.53 Å². The molecule has 0 aromatic heterocycles. The third-order valence-electron chi connectivity index (χ3n) is 3.59. The molecule has 1 aliphatic rings. The number of carbonyl (C=O) groups excluding carboxylic acids is 1. The number of rotatable bonds is 3. The number of piperidine rings is 1. The maximum Gasteiger partial charge on any atom is 0.437 e. The zero-order valence-electron chi connectivity index (χ0n) is 12.1. The molecule has 0 radical (unpaired) electrons. The molecule has 1 unspecified atom stereocenters. The summed E-state index contributed by atoms with van der Waals surface area (Å²) in [5.74, 6) is 0.624. The number of ether oxygens (including phenoxy) is 1. The molecule has 1 aromatic rings. The molecule has 1 heterocycles. The fourth-order valence-corrected chi connectivity index (χ4v) is 2.38. The predicted octanol–water partition coefficient (Wildman–Crippen LogP) is 1.31. The summed E-state index contributed by atoms with van der Waals surface area (Å²) >= 11 is 0. The second-order valence-corrected chi connectivity index (χ2v) is 5.20. The van der Waals surface area contributed by atoms with Crippen LogP contribution >= 0.6 is 0 Å². The SMILES string of the molecule is NCC1CCCN(C(N)=NC(=O)OCc2ccccc2)C1. The predicted molar refractivity (Wildman–Crippen MR) is 81.6 cm³/mol. The van der Waals surface area contributed by atoms with Crippen molar-refractivity contribution in [3.63, 3.8) is 0 Å². The average molecular weight is 290 g/mol. The Kier molecular flexibility index (Phi) is 5.57. The van der Waals surface area contributed by atoms with E-state index in [4.69, 9.17) is 16.2 Å². The fraction of sp³-hybridized carbons (Fsp3) is 0.467. The molecular formula is C15H22N4O2. The highest BCUT2D eigenvalue weighted by Gasteiger charge is 2.20. The van der Waals surface area contributed by atoms with Crippen LogP contribution in [-0.2, 0) is 11.3 Å². The number of hydrogen-bond donors (Lipinski definition) is 2. The maximum atomic E-state index is 11.7. The standard InChI is InChI=1S/C15H22N4O2/c16-9-13-7-4-8-19(10-13)14(17)18-15(20)21-11-12-5-2-1-3-6-12/h1-3,5-6,13H,4,7-11,16H2,(H2,17,18,20). The van der Waals surface area contributed by atoms with E-state index in [1.807, 2.05) is 35.2 Å². The van der Waals surface area contributed by atoms with Gasteiger partial charge in [-0.1, -0.05) is 30.3 Å². The second kappa shape index (κ2) is 7.64. The van der Waals surface area contributed by atoms with Crippen LogP contribution in [0.15, 0.2) is 35.3 Å². The molecule has 1 fully saturated rings. The van der Waals surface area contributed by atoms with Gasteiger partial charge in [0.2, 0.25) is 5.96 Å². The van der Waals surface area contributed by atoms with E-state index in [1.54, 1.807) is 0 Å². The highest BCUT2D eigenvalue weighted by Crippen LogP contribution is 2.14. The molecule has 1 aliphatic heterocycles. The number of hydrogen-bond acceptors (Lipinski definition) is 3. The van der Waals surface area contributed by atoms with Crippen molar-refractivity contribution in [2.24, 2.45) is 22.4 Å². The zero-order valence-corrected chi connectivity index (χ0v) is 12.1. The lowest BCUT2D eigenvalue weighted by Crippen LogP contribution is -2.46. The first kappa shape index (κ1) is 15.3. The summed E-state index contributed by atoms with van der Waals surface area (Å²) in [5, 5.41) is 0. The highest BCUT2D eigenvalue weighted by molar-refractivity contribution is 5.89. The van der Waals surface area contributed by atoms with Crippen LogP contribution < -0.4 is 11.5 Å². The van der Waals surface area contributed by atoms with Crippen LogP contribution in [0.3, 0.4) is 0 Å². The molecule has 6 nitrogen and oxygen atoms in total. The molecule has 0 aliphatic carbocycles. The van der Waals surface area contributed by atoms with E-state index in [-0.39, 0.29) is 12.6 Å². The Hall–Kier alpha value is -2.08. The quantitative estimate of drug-likeness (QED) is 0.646. The van der Waals surface area contributed by atoms with Gasteiger partial charge in [-0.15, -0.1) is 4.99 Å². The van der Waals surface area contributed by atoms with Crippen LogP contribution in [0.25, 0.3) is 0 Å². The number of nitrogens with zero attached hydrogens (tertiary/aromatic N) is 2. The monoisotopic (exact) mass is 290 g/mol. The van der Waals surface area contributed by atoms with Crippen molar-refractivity contribution in [1.29, 1.82) is 0 Å². The van der Waals surface area contributed by atoms with Gasteiger partial charge in [-0.2, -0.15) is 0 Å². The van der Waals surface area contributed by atoms with Crippen molar-refractivity contribution in [2.75, 3.05) is 19.6 Å². The third kappa shape index (κ3) is 4.75. The van der Waals surface area contributed by atoms with Crippen molar-refractivity contribution in [1.82, 2.24) is 4.90 Å². The maximum absolute atomic E-state index is 11.7. The van der Waals surface area contributed by atoms with E-state index >= 15 is 0 Å². The van der Waals surface area contributed by atoms with E-state index in [9.17, 15) is 4.79 Å². The Morgan fingerprint density at radius 1 is 1.38 bits per heavy atom. The molecule has 0 spiro atoms. The van der Waals surface area contributed by atoms with E-state index in [0.29, 0.717) is 12.5 Å². The summed E-state index contributed by atoms with van der Waals surface area (Å²) in [7, 11) is 0. The molecule has 2 rings (SSSR count). The van der Waals surface area contributed by atoms with E-state index in [2.05, 4.69) is 4.99 Å². The Balaban J connectivity index is 1.84. The van der Waals surface area contributed by atoms with Crippen LogP contribution in [0.2, 0.25) is 0 Å². The largest absolute Gasteiger partial charge is 0.443 e. The van der Waals surface area contributed by atoms with Crippen LogP contribution in [-0.4, -0.2) is 36.6 Å². The minimum absolute atomic E-state index is 0.196. The lowest BCUT2D eigenvalue weighted by molar-refractivity contribution is 0.150. The highest BCUT2D eigenvalue weighted by atomic mass is 16.5. The van der Waals surface area contributed by atoms with Gasteiger partial charge in [-0.3, -0.25) is 0 Å². The topological polar surface area (TPSA) is 93.9 Å². The van der Waals surface area contributed by atoms with Gasteiger partial charge in [0.15, 0.2) is 0 Å². The van der Waals surface area contributed by atoms with Gasteiger partial charge in [-0.25, -0.2) is 4.79 Å². The Bertz CT molecular complexity index is 490. The smallest absolute Gasteiger partial charge is 0.437 e. The fourth-order valence-electron chi connectivity index (χ4n) is 2.38. The van der Waals surface area contributed by atoms with Gasteiger partial charge < -0.3 is 21.1 Å². The Morgan fingerprint density at radius 3 is 2.86 bits per heavy atom. The first-order chi connectivity index (χ1) is 10.2. The first-order valence-corrected chi connectivity index (χ1v) is 7.19. The molecule has 6 heteroatoms. The number of guanidine groups is 1. The van der Waals surface area contributed by atoms with Gasteiger partial charge in [-0.05, 0) is 30.9 Å². The Morgan fingerprint density at radius 2 is 2.14 bits per heavy atom. The molecular weight excluding hydrogens is 268 g/mol. The van der Waals surface area contributed by atoms with Crippen molar-refractivity contribution in [3.8, 4) is 0 Å². The van der Waals surface area contributed by atoms with Gasteiger partial charge in [0.25, 0.3) is 0 Å². The summed E-state index contributed by atoms with van der Waals surface area (Å²) in [6.45, 7) is 2.37. The summed E-state index contributed by atoms with van der Waals surface area (Å²) < 4.78 is 5.08. The molecule has 0 bridgehead atoms. The van der Waals surface area contributed by atoms with Gasteiger partial charge in [0, 0.05) is 13.1 Å². The summed E-state index contributed by atoms with van der Waals surface area (Å²) in [6, 6.07) is 9.46. The van der Waals surface area contributed by atoms with Crippen molar-refractivity contribution in [2.45, 2.75) is 19.4 Å². The van der Waals surface area contributed by atoms with Gasteiger partial charge >= 0.3 is 6.09 Å². The van der Waals surface area contributed by atoms with Crippen LogP contribution in [0.1, 0.15) is 18.4 Å². The number of nitrogens with two attached hydrogens (primary N) is 2. The summed E-state index contributed by atoms with van der Waals surface area (Å²) in [5.41, 5.74) is 12.5. The number of benzene rings is 1. The van der Waals surface area contributed by atoms with E-state index in [0.717, 1.165) is 31.5 Å². The molecule has 21 heavy (non-hydrogen) atoms. The lowest BCUT2D eigenvalue weighted by atomic mass is 9.99. The number of carbonyl (C=O) groups is 1. The molecule has 1 amide bonds. The van der Waals surface area contributed by atoms with Crippen LogP contribution in [0.4, 0.5) is 4.79 Å². The number of aliphatic imine (C=N–C) groups is 1. The first-order valence-electron chi connectivity index (χ1n) is 7.19. The third-order valence-corrected chi connectivity index (χ3v) is 3.59. The molecule has 4 N–H and O–H groups in total. The van der Waals surface area contributed by atoms with Crippen molar-refractivity contribution >= 4 is 12.1 Å². The minimum Gasteiger partial charge on any atom is -0.443 e. The minimum atomic E-state index is -0.661. The average Bonchev–Trinajstić information content (AvgIpc) is 2.54. The zero-order chi connectivity index (χ0) is 15.1. The van der Waals surface area contributed by atoms with Crippen LogP contribution in [0.5, 0.6) is 0 Å². The van der Waals surface area contributed by atoms with E-state index in [1.165, 1.54) is 0 Å². The molecule has 1 saturated heterocycles. The van der Waals surface area contributed by atoms with Crippen molar-refractivity contribution in [3.05, 3.63) is 35.9 Å².